The summed E-state index contributed by atoms with van der Waals surface area (Å²) in [6, 6.07) is 6.75. The Labute approximate surface area is 94.1 Å². The minimum atomic E-state index is -0.350. The standard InChI is InChI=1S/C11H14NO4/c1-3-15-11(13)9-4-6-10(7-5-9)12(2)8-16-14/h4-7H,3,8H2,1-2H3. The van der Waals surface area contributed by atoms with E-state index in [1.54, 1.807) is 43.1 Å². The Morgan fingerprint density at radius 2 is 1.94 bits per heavy atom. The molecule has 0 bridgehead atoms. The second kappa shape index (κ2) is 6.09. The molecule has 0 spiro atoms. The molecule has 0 aliphatic heterocycles. The molecule has 0 unspecified atom stereocenters. The van der Waals surface area contributed by atoms with Crippen LogP contribution in [0.1, 0.15) is 17.3 Å². The largest absolute Gasteiger partial charge is 0.462 e. The number of carbonyl (C=O) groups is 1. The lowest BCUT2D eigenvalue weighted by atomic mass is 10.2. The first-order chi connectivity index (χ1) is 7.69. The molecule has 0 amide bonds. The van der Waals surface area contributed by atoms with Crippen LogP contribution in [0.25, 0.3) is 0 Å². The quantitative estimate of drug-likeness (QED) is 0.330. The normalized spacial score (nSPS) is 9.94. The zero-order valence-corrected chi connectivity index (χ0v) is 9.30. The number of esters is 1. The summed E-state index contributed by atoms with van der Waals surface area (Å²) in [6.45, 7) is 2.06. The molecule has 16 heavy (non-hydrogen) atoms. The Morgan fingerprint density at radius 3 is 2.44 bits per heavy atom. The second-order valence-electron chi connectivity index (χ2n) is 3.21. The highest BCUT2D eigenvalue weighted by Gasteiger charge is 2.07. The van der Waals surface area contributed by atoms with Gasteiger partial charge in [-0.1, -0.05) is 0 Å². The van der Waals surface area contributed by atoms with Crippen molar-refractivity contribution < 1.29 is 19.7 Å². The van der Waals surface area contributed by atoms with E-state index in [1.165, 1.54) is 0 Å². The Bertz CT molecular complexity index is 336. The van der Waals surface area contributed by atoms with Crippen molar-refractivity contribution in [2.24, 2.45) is 0 Å². The molecule has 0 heterocycles. The lowest BCUT2D eigenvalue weighted by Crippen LogP contribution is -2.19. The maximum atomic E-state index is 11.3. The highest BCUT2D eigenvalue weighted by atomic mass is 17.1. The van der Waals surface area contributed by atoms with Gasteiger partial charge in [0.15, 0.2) is 6.73 Å². The Morgan fingerprint density at radius 1 is 1.31 bits per heavy atom. The number of nitrogens with zero attached hydrogens (tertiary/aromatic N) is 1. The number of ether oxygens (including phenoxy) is 1. The van der Waals surface area contributed by atoms with E-state index in [1.807, 2.05) is 0 Å². The molecule has 0 atom stereocenters. The van der Waals surface area contributed by atoms with E-state index in [2.05, 4.69) is 4.89 Å². The number of rotatable bonds is 5. The fourth-order valence-corrected chi connectivity index (χ4v) is 1.22. The zero-order chi connectivity index (χ0) is 12.0. The molecule has 0 fully saturated rings. The van der Waals surface area contributed by atoms with Crippen LogP contribution in [0.3, 0.4) is 0 Å². The van der Waals surface area contributed by atoms with Crippen LogP contribution in [-0.4, -0.2) is 26.4 Å². The topological polar surface area (TPSA) is 58.7 Å². The van der Waals surface area contributed by atoms with Crippen molar-refractivity contribution in [2.45, 2.75) is 6.92 Å². The lowest BCUT2D eigenvalue weighted by Gasteiger charge is -2.16. The van der Waals surface area contributed by atoms with Crippen molar-refractivity contribution in [3.8, 4) is 0 Å². The molecule has 0 N–H and O–H groups in total. The average Bonchev–Trinajstić information content (AvgIpc) is 2.30. The molecule has 87 valence electrons. The average molecular weight is 224 g/mol. The van der Waals surface area contributed by atoms with Crippen LogP contribution in [-0.2, 0) is 14.9 Å². The summed E-state index contributed by atoms with van der Waals surface area (Å²) in [4.78, 5) is 16.7. The summed E-state index contributed by atoms with van der Waals surface area (Å²) >= 11 is 0. The van der Waals surface area contributed by atoms with Gasteiger partial charge in [-0.25, -0.2) is 4.79 Å². The van der Waals surface area contributed by atoms with E-state index in [0.717, 1.165) is 5.69 Å². The maximum absolute atomic E-state index is 11.3. The third-order valence-electron chi connectivity index (χ3n) is 2.07. The molecule has 1 radical (unpaired) electrons. The number of hydrogen-bond acceptors (Lipinski definition) is 4. The molecule has 0 aromatic heterocycles. The molecule has 5 heteroatoms. The van der Waals surface area contributed by atoms with Gasteiger partial charge >= 0.3 is 5.97 Å². The summed E-state index contributed by atoms with van der Waals surface area (Å²) < 4.78 is 4.85. The molecule has 1 aromatic carbocycles. The van der Waals surface area contributed by atoms with Crippen LogP contribution >= 0.6 is 0 Å². The summed E-state index contributed by atoms with van der Waals surface area (Å²) in [5.74, 6) is -0.350. The Hall–Kier alpha value is -1.59. The molecule has 1 rings (SSSR count). The fourth-order valence-electron chi connectivity index (χ4n) is 1.22. The van der Waals surface area contributed by atoms with Gasteiger partial charge < -0.3 is 9.64 Å². The molecular formula is C11H14NO4. The van der Waals surface area contributed by atoms with Crippen LogP contribution in [0, 0.1) is 0 Å². The van der Waals surface area contributed by atoms with Gasteiger partial charge in [0.2, 0.25) is 0 Å². The van der Waals surface area contributed by atoms with Gasteiger partial charge in [0.25, 0.3) is 0 Å². The number of carbonyl (C=O) groups excluding carboxylic acids is 1. The second-order valence-corrected chi connectivity index (χ2v) is 3.21. The van der Waals surface area contributed by atoms with Gasteiger partial charge in [-0.15, -0.1) is 0 Å². The molecule has 5 nitrogen and oxygen atoms in total. The first-order valence-electron chi connectivity index (χ1n) is 4.92. The van der Waals surface area contributed by atoms with E-state index >= 15 is 0 Å². The van der Waals surface area contributed by atoms with E-state index in [9.17, 15) is 10.1 Å². The van der Waals surface area contributed by atoms with E-state index < -0.39 is 0 Å². The summed E-state index contributed by atoms with van der Waals surface area (Å²) in [5, 5.41) is 9.96. The summed E-state index contributed by atoms with van der Waals surface area (Å²) in [5.41, 5.74) is 1.28. The Kier molecular flexibility index (Phi) is 4.75. The molecule has 0 saturated carbocycles. The predicted molar refractivity (Wildman–Crippen MR) is 57.4 cm³/mol. The van der Waals surface area contributed by atoms with Crippen molar-refractivity contribution in [2.75, 3.05) is 25.3 Å². The van der Waals surface area contributed by atoms with Crippen LogP contribution in [0.2, 0.25) is 0 Å². The predicted octanol–water partition coefficient (Wildman–Crippen LogP) is 1.62. The van der Waals surface area contributed by atoms with Crippen LogP contribution in [0.15, 0.2) is 24.3 Å². The van der Waals surface area contributed by atoms with Gasteiger partial charge in [-0.3, -0.25) is 0 Å². The lowest BCUT2D eigenvalue weighted by molar-refractivity contribution is -0.302. The smallest absolute Gasteiger partial charge is 0.338 e. The SMILES string of the molecule is CCOC(=O)c1ccc(N(C)CO[O])cc1. The molecule has 0 saturated heterocycles. The maximum Gasteiger partial charge on any atom is 0.338 e. The minimum absolute atomic E-state index is 0.0429. The minimum Gasteiger partial charge on any atom is -0.462 e. The van der Waals surface area contributed by atoms with Gasteiger partial charge in [-0.05, 0) is 36.4 Å². The third-order valence-corrected chi connectivity index (χ3v) is 2.07. The van der Waals surface area contributed by atoms with Gasteiger partial charge in [0.05, 0.1) is 12.2 Å². The monoisotopic (exact) mass is 224 g/mol. The molecular weight excluding hydrogens is 210 g/mol. The molecule has 0 aliphatic carbocycles. The summed E-state index contributed by atoms with van der Waals surface area (Å²) in [6.07, 6.45) is 0. The number of hydrogen-bond donors (Lipinski definition) is 0. The van der Waals surface area contributed by atoms with Gasteiger partial charge in [0.1, 0.15) is 0 Å². The Balaban J connectivity index is 2.71. The molecule has 0 aliphatic rings. The summed E-state index contributed by atoms with van der Waals surface area (Å²) in [7, 11) is 1.72. The van der Waals surface area contributed by atoms with Crippen LogP contribution in [0.4, 0.5) is 5.69 Å². The van der Waals surface area contributed by atoms with Crippen molar-refractivity contribution in [3.05, 3.63) is 29.8 Å². The number of anilines is 1. The van der Waals surface area contributed by atoms with Crippen molar-refractivity contribution >= 4 is 11.7 Å². The van der Waals surface area contributed by atoms with Crippen molar-refractivity contribution in [3.63, 3.8) is 0 Å². The van der Waals surface area contributed by atoms with E-state index in [4.69, 9.17) is 4.74 Å². The highest BCUT2D eigenvalue weighted by molar-refractivity contribution is 5.89. The molecule has 1 aromatic rings. The zero-order valence-electron chi connectivity index (χ0n) is 9.30. The van der Waals surface area contributed by atoms with Gasteiger partial charge in [-0.2, -0.15) is 4.89 Å². The fraction of sp³-hybridized carbons (Fsp3) is 0.364. The van der Waals surface area contributed by atoms with Crippen molar-refractivity contribution in [1.82, 2.24) is 0 Å². The van der Waals surface area contributed by atoms with E-state index in [0.29, 0.717) is 12.2 Å². The third kappa shape index (κ3) is 3.22. The van der Waals surface area contributed by atoms with Gasteiger partial charge in [0, 0.05) is 12.7 Å². The van der Waals surface area contributed by atoms with Crippen molar-refractivity contribution in [1.29, 1.82) is 0 Å². The van der Waals surface area contributed by atoms with Crippen LogP contribution < -0.4 is 4.90 Å². The first kappa shape index (κ1) is 12.5. The highest BCUT2D eigenvalue weighted by Crippen LogP contribution is 2.14. The van der Waals surface area contributed by atoms with E-state index in [-0.39, 0.29) is 12.7 Å². The first-order valence-corrected chi connectivity index (χ1v) is 4.92. The van der Waals surface area contributed by atoms with Crippen LogP contribution in [0.5, 0.6) is 0 Å². The number of benzene rings is 1.